The maximum atomic E-state index is 9.77. The van der Waals surface area contributed by atoms with E-state index in [1.807, 2.05) is 12.2 Å². The van der Waals surface area contributed by atoms with E-state index in [9.17, 15) is 10.2 Å². The smallest absolute Gasteiger partial charge is 0.0645 e. The molecule has 4 heteroatoms. The summed E-state index contributed by atoms with van der Waals surface area (Å²) in [5.41, 5.74) is 2.19. The minimum atomic E-state index is -0.248. The van der Waals surface area contributed by atoms with Crippen LogP contribution in [0, 0.1) is 5.41 Å². The van der Waals surface area contributed by atoms with E-state index >= 15 is 0 Å². The average Bonchev–Trinajstić information content (AvgIpc) is 2.73. The van der Waals surface area contributed by atoms with Crippen LogP contribution in [0.5, 0.6) is 0 Å². The number of thioether (sulfide) groups is 1. The predicted molar refractivity (Wildman–Crippen MR) is 117 cm³/mol. The zero-order valence-electron chi connectivity index (χ0n) is 16.4. The third kappa shape index (κ3) is 8.65. The Hall–Kier alpha value is -1.07. The van der Waals surface area contributed by atoms with Crippen LogP contribution in [0.3, 0.4) is 0 Å². The molecule has 0 heterocycles. The van der Waals surface area contributed by atoms with Crippen molar-refractivity contribution in [2.75, 3.05) is 37.8 Å². The molecule has 1 atom stereocenters. The van der Waals surface area contributed by atoms with E-state index in [4.69, 9.17) is 0 Å². The second-order valence-corrected chi connectivity index (χ2v) is 8.70. The second-order valence-electron chi connectivity index (χ2n) is 7.48. The fourth-order valence-electron chi connectivity index (χ4n) is 3.43. The molecule has 3 N–H and O–H groups in total. The summed E-state index contributed by atoms with van der Waals surface area (Å²) in [6.45, 7) is 1.96. The van der Waals surface area contributed by atoms with Gasteiger partial charge in [0.15, 0.2) is 0 Å². The van der Waals surface area contributed by atoms with E-state index < -0.39 is 0 Å². The quantitative estimate of drug-likeness (QED) is 0.422. The summed E-state index contributed by atoms with van der Waals surface area (Å²) in [5.74, 6) is 2.47. The SMILES string of the molecule is OCC1=CC=CC(CO)(CNCCCCCCSCCc2ccccc2)C1. The van der Waals surface area contributed by atoms with Crippen molar-refractivity contribution in [3.63, 3.8) is 0 Å². The Morgan fingerprint density at radius 1 is 1.00 bits per heavy atom. The molecule has 2 rings (SSSR count). The maximum absolute atomic E-state index is 9.77. The van der Waals surface area contributed by atoms with E-state index in [1.54, 1.807) is 0 Å². The third-order valence-electron chi connectivity index (χ3n) is 5.13. The van der Waals surface area contributed by atoms with Crippen molar-refractivity contribution in [1.82, 2.24) is 5.32 Å². The summed E-state index contributed by atoms with van der Waals surface area (Å²) in [4.78, 5) is 0. The number of hydrogen-bond acceptors (Lipinski definition) is 4. The summed E-state index contributed by atoms with van der Waals surface area (Å²) in [6.07, 6.45) is 12.9. The van der Waals surface area contributed by atoms with Crippen molar-refractivity contribution in [1.29, 1.82) is 0 Å². The van der Waals surface area contributed by atoms with Crippen molar-refractivity contribution in [3.05, 3.63) is 59.7 Å². The van der Waals surface area contributed by atoms with E-state index in [0.717, 1.165) is 25.1 Å². The van der Waals surface area contributed by atoms with E-state index in [0.29, 0.717) is 0 Å². The molecule has 3 nitrogen and oxygen atoms in total. The molecular weight excluding hydrogens is 354 g/mol. The Balaban J connectivity index is 1.43. The summed E-state index contributed by atoms with van der Waals surface area (Å²) < 4.78 is 0. The Morgan fingerprint density at radius 3 is 2.59 bits per heavy atom. The van der Waals surface area contributed by atoms with Crippen LogP contribution in [0.15, 0.2) is 54.1 Å². The van der Waals surface area contributed by atoms with Gasteiger partial charge in [0.05, 0.1) is 13.2 Å². The lowest BCUT2D eigenvalue weighted by Gasteiger charge is -2.32. The van der Waals surface area contributed by atoms with Gasteiger partial charge in [-0.15, -0.1) is 0 Å². The highest BCUT2D eigenvalue weighted by atomic mass is 32.2. The Labute approximate surface area is 169 Å². The molecular formula is C23H35NO2S. The first-order valence-corrected chi connectivity index (χ1v) is 11.3. The van der Waals surface area contributed by atoms with Gasteiger partial charge in [0.25, 0.3) is 0 Å². The van der Waals surface area contributed by atoms with Crippen molar-refractivity contribution >= 4 is 11.8 Å². The van der Waals surface area contributed by atoms with Gasteiger partial charge in [-0.3, -0.25) is 0 Å². The van der Waals surface area contributed by atoms with Crippen LogP contribution in [-0.4, -0.2) is 48.0 Å². The molecule has 0 aromatic heterocycles. The minimum Gasteiger partial charge on any atom is -0.395 e. The summed E-state index contributed by atoms with van der Waals surface area (Å²) in [7, 11) is 0. The number of unbranched alkanes of at least 4 members (excludes halogenated alkanes) is 3. The molecule has 0 bridgehead atoms. The van der Waals surface area contributed by atoms with Gasteiger partial charge >= 0.3 is 0 Å². The third-order valence-corrected chi connectivity index (χ3v) is 6.20. The van der Waals surface area contributed by atoms with Gasteiger partial charge in [-0.25, -0.2) is 0 Å². The highest BCUT2D eigenvalue weighted by Gasteiger charge is 2.28. The number of nitrogens with one attached hydrogen (secondary N) is 1. The summed E-state index contributed by atoms with van der Waals surface area (Å²) in [5, 5.41) is 22.6. The minimum absolute atomic E-state index is 0.0788. The molecule has 0 amide bonds. The highest BCUT2D eigenvalue weighted by Crippen LogP contribution is 2.30. The van der Waals surface area contributed by atoms with Crippen LogP contribution in [-0.2, 0) is 6.42 Å². The van der Waals surface area contributed by atoms with Crippen LogP contribution in [0.4, 0.5) is 0 Å². The largest absolute Gasteiger partial charge is 0.395 e. The topological polar surface area (TPSA) is 52.5 Å². The number of aliphatic hydroxyl groups excluding tert-OH is 2. The first kappa shape index (κ1) is 22.2. The predicted octanol–water partition coefficient (Wildman–Crippen LogP) is 3.97. The van der Waals surface area contributed by atoms with E-state index in [1.165, 1.54) is 49.2 Å². The molecule has 1 aromatic carbocycles. The average molecular weight is 390 g/mol. The Kier molecular flexibility index (Phi) is 10.8. The van der Waals surface area contributed by atoms with Gasteiger partial charge in [0.2, 0.25) is 0 Å². The molecule has 0 spiro atoms. The molecule has 27 heavy (non-hydrogen) atoms. The van der Waals surface area contributed by atoms with Crippen LogP contribution in [0.2, 0.25) is 0 Å². The lowest BCUT2D eigenvalue weighted by molar-refractivity contribution is 0.159. The van der Waals surface area contributed by atoms with Gasteiger partial charge in [-0.05, 0) is 54.9 Å². The van der Waals surface area contributed by atoms with Gasteiger partial charge in [-0.1, -0.05) is 61.4 Å². The molecule has 0 aliphatic heterocycles. The second kappa shape index (κ2) is 13.2. The normalized spacial score (nSPS) is 19.3. The first-order chi connectivity index (χ1) is 13.3. The highest BCUT2D eigenvalue weighted by molar-refractivity contribution is 7.99. The maximum Gasteiger partial charge on any atom is 0.0645 e. The number of aryl methyl sites for hydroxylation is 1. The van der Waals surface area contributed by atoms with Crippen LogP contribution in [0.25, 0.3) is 0 Å². The molecule has 0 saturated carbocycles. The summed E-state index contributed by atoms with van der Waals surface area (Å²) >= 11 is 2.06. The van der Waals surface area contributed by atoms with Crippen molar-refractivity contribution in [2.45, 2.75) is 38.5 Å². The molecule has 1 unspecified atom stereocenters. The Morgan fingerprint density at radius 2 is 1.81 bits per heavy atom. The molecule has 1 aliphatic rings. The van der Waals surface area contributed by atoms with Gasteiger partial charge < -0.3 is 15.5 Å². The van der Waals surface area contributed by atoms with E-state index in [-0.39, 0.29) is 18.6 Å². The Bertz CT molecular complexity index is 573. The van der Waals surface area contributed by atoms with Gasteiger partial charge in [0.1, 0.15) is 0 Å². The molecule has 0 saturated heterocycles. The lowest BCUT2D eigenvalue weighted by atomic mass is 9.79. The van der Waals surface area contributed by atoms with Crippen LogP contribution >= 0.6 is 11.8 Å². The zero-order chi connectivity index (χ0) is 19.2. The van der Waals surface area contributed by atoms with Crippen molar-refractivity contribution in [3.8, 4) is 0 Å². The first-order valence-electron chi connectivity index (χ1n) is 10.2. The number of aliphatic hydroxyl groups is 2. The lowest BCUT2D eigenvalue weighted by Crippen LogP contribution is -2.37. The molecule has 1 aromatic rings. The fraction of sp³-hybridized carbons (Fsp3) is 0.565. The zero-order valence-corrected chi connectivity index (χ0v) is 17.2. The molecule has 1 aliphatic carbocycles. The van der Waals surface area contributed by atoms with Crippen molar-refractivity contribution in [2.24, 2.45) is 5.41 Å². The van der Waals surface area contributed by atoms with Gasteiger partial charge in [-0.2, -0.15) is 11.8 Å². The van der Waals surface area contributed by atoms with Gasteiger partial charge in [0, 0.05) is 12.0 Å². The number of benzene rings is 1. The van der Waals surface area contributed by atoms with Crippen molar-refractivity contribution < 1.29 is 10.2 Å². The number of allylic oxidation sites excluding steroid dienone is 2. The monoisotopic (exact) mass is 389 g/mol. The van der Waals surface area contributed by atoms with Crippen LogP contribution < -0.4 is 5.32 Å². The standard InChI is InChI=1S/C23H35NO2S/c25-18-22-11-8-13-23(17-22,20-26)19-24-14-6-1-2-7-15-27-16-12-21-9-4-3-5-10-21/h3-5,8-11,13,24-26H,1-2,6-7,12,14-20H2. The number of rotatable bonds is 14. The molecule has 0 radical (unpaired) electrons. The molecule has 0 fully saturated rings. The van der Waals surface area contributed by atoms with Crippen LogP contribution in [0.1, 0.15) is 37.7 Å². The number of hydrogen-bond donors (Lipinski definition) is 3. The fourth-order valence-corrected chi connectivity index (χ4v) is 4.43. The van der Waals surface area contributed by atoms with E-state index in [2.05, 4.69) is 53.5 Å². The molecule has 150 valence electrons. The summed E-state index contributed by atoms with van der Waals surface area (Å²) in [6, 6.07) is 10.7.